The van der Waals surface area contributed by atoms with Crippen LogP contribution in [0.15, 0.2) is 48.5 Å². The van der Waals surface area contributed by atoms with Crippen LogP contribution in [-0.2, 0) is 4.74 Å². The van der Waals surface area contributed by atoms with Gasteiger partial charge in [0.2, 0.25) is 0 Å². The summed E-state index contributed by atoms with van der Waals surface area (Å²) in [6.07, 6.45) is -0.320. The molecule has 1 fully saturated rings. The summed E-state index contributed by atoms with van der Waals surface area (Å²) in [5.41, 5.74) is 1.77. The predicted octanol–water partition coefficient (Wildman–Crippen LogP) is 3.32. The molecule has 21 heavy (non-hydrogen) atoms. The van der Waals surface area contributed by atoms with E-state index in [-0.39, 0.29) is 23.6 Å². The largest absolute Gasteiger partial charge is 0.359 e. The van der Waals surface area contributed by atoms with Crippen molar-refractivity contribution in [2.24, 2.45) is 0 Å². The fraction of sp³-hybridized carbons (Fsp3) is 0.143. The van der Waals surface area contributed by atoms with Crippen LogP contribution in [0, 0.1) is 20.2 Å². The molecule has 0 saturated carbocycles. The number of hydrogen-bond acceptors (Lipinski definition) is 5. The minimum absolute atomic E-state index is 0.0336. The number of benzene rings is 2. The third-order valence-electron chi connectivity index (χ3n) is 3.36. The molecule has 0 bridgehead atoms. The van der Waals surface area contributed by atoms with Crippen molar-refractivity contribution in [1.82, 2.24) is 0 Å². The van der Waals surface area contributed by atoms with Gasteiger partial charge < -0.3 is 4.74 Å². The zero-order valence-corrected chi connectivity index (χ0v) is 10.7. The Hall–Kier alpha value is -2.80. The first-order chi connectivity index (χ1) is 10.1. The lowest BCUT2D eigenvalue weighted by Gasteiger charge is -1.97. The van der Waals surface area contributed by atoms with Gasteiger partial charge in [-0.25, -0.2) is 0 Å². The van der Waals surface area contributed by atoms with Gasteiger partial charge in [-0.3, -0.25) is 20.2 Å². The third-order valence-corrected chi connectivity index (χ3v) is 3.36. The van der Waals surface area contributed by atoms with E-state index in [1.165, 1.54) is 24.3 Å². The zero-order chi connectivity index (χ0) is 15.0. The standard InChI is InChI=1S/C14H10N2O5/c17-15(18)11-5-1-9(2-6-11)13-14(21-13)10-3-7-12(8-4-10)16(19)20/h1-8,13-14H/t13-,14-/m1/s1. The molecule has 0 radical (unpaired) electrons. The summed E-state index contributed by atoms with van der Waals surface area (Å²) in [5.74, 6) is 0. The van der Waals surface area contributed by atoms with E-state index in [4.69, 9.17) is 4.74 Å². The molecule has 1 aliphatic rings. The summed E-state index contributed by atoms with van der Waals surface area (Å²) in [5, 5.41) is 21.2. The van der Waals surface area contributed by atoms with Gasteiger partial charge in [0.25, 0.3) is 11.4 Å². The fourth-order valence-electron chi connectivity index (χ4n) is 2.19. The quantitative estimate of drug-likeness (QED) is 0.487. The monoisotopic (exact) mass is 286 g/mol. The second-order valence-corrected chi connectivity index (χ2v) is 4.67. The van der Waals surface area contributed by atoms with Crippen LogP contribution in [-0.4, -0.2) is 9.85 Å². The summed E-state index contributed by atoms with van der Waals surface area (Å²) < 4.78 is 5.55. The van der Waals surface area contributed by atoms with Crippen LogP contribution < -0.4 is 0 Å². The summed E-state index contributed by atoms with van der Waals surface area (Å²) in [7, 11) is 0. The van der Waals surface area contributed by atoms with Gasteiger partial charge in [0, 0.05) is 24.3 Å². The van der Waals surface area contributed by atoms with E-state index in [1.807, 2.05) is 0 Å². The second-order valence-electron chi connectivity index (χ2n) is 4.67. The van der Waals surface area contributed by atoms with E-state index in [9.17, 15) is 20.2 Å². The molecule has 1 heterocycles. The van der Waals surface area contributed by atoms with Crippen molar-refractivity contribution in [1.29, 1.82) is 0 Å². The maximum absolute atomic E-state index is 10.6. The third kappa shape index (κ3) is 2.59. The molecule has 2 aromatic rings. The lowest BCUT2D eigenvalue weighted by Crippen LogP contribution is -1.90. The minimum atomic E-state index is -0.453. The van der Waals surface area contributed by atoms with E-state index in [2.05, 4.69) is 0 Å². The first-order valence-corrected chi connectivity index (χ1v) is 6.20. The summed E-state index contributed by atoms with van der Waals surface area (Å²) in [6, 6.07) is 12.4. The van der Waals surface area contributed by atoms with Crippen molar-refractivity contribution in [3.8, 4) is 0 Å². The van der Waals surface area contributed by atoms with Gasteiger partial charge in [0.05, 0.1) is 9.85 Å². The highest BCUT2D eigenvalue weighted by atomic mass is 16.6. The van der Waals surface area contributed by atoms with Gasteiger partial charge in [-0.1, -0.05) is 0 Å². The molecule has 106 valence electrons. The van der Waals surface area contributed by atoms with Crippen LogP contribution in [0.1, 0.15) is 23.3 Å². The molecule has 1 saturated heterocycles. The average molecular weight is 286 g/mol. The minimum Gasteiger partial charge on any atom is -0.359 e. The van der Waals surface area contributed by atoms with E-state index < -0.39 is 9.85 Å². The van der Waals surface area contributed by atoms with Crippen molar-refractivity contribution in [2.75, 3.05) is 0 Å². The Morgan fingerprint density at radius 3 is 1.33 bits per heavy atom. The Kier molecular flexibility index (Phi) is 3.11. The molecule has 0 unspecified atom stereocenters. The van der Waals surface area contributed by atoms with Gasteiger partial charge >= 0.3 is 0 Å². The van der Waals surface area contributed by atoms with Gasteiger partial charge in [0.1, 0.15) is 12.2 Å². The first-order valence-electron chi connectivity index (χ1n) is 6.20. The Labute approximate surface area is 119 Å². The van der Waals surface area contributed by atoms with Crippen molar-refractivity contribution in [3.05, 3.63) is 79.9 Å². The number of non-ortho nitro benzene ring substituents is 2. The summed E-state index contributed by atoms with van der Waals surface area (Å²) >= 11 is 0. The predicted molar refractivity (Wildman–Crippen MR) is 72.8 cm³/mol. The molecule has 2 aromatic carbocycles. The molecule has 0 spiro atoms. The number of hydrogen-bond donors (Lipinski definition) is 0. The highest BCUT2D eigenvalue weighted by Crippen LogP contribution is 2.51. The van der Waals surface area contributed by atoms with E-state index >= 15 is 0 Å². The van der Waals surface area contributed by atoms with Gasteiger partial charge in [-0.15, -0.1) is 0 Å². The number of rotatable bonds is 4. The smallest absolute Gasteiger partial charge is 0.269 e. The molecular formula is C14H10N2O5. The Morgan fingerprint density at radius 2 is 1.05 bits per heavy atom. The topological polar surface area (TPSA) is 98.8 Å². The van der Waals surface area contributed by atoms with Crippen LogP contribution in [0.5, 0.6) is 0 Å². The van der Waals surface area contributed by atoms with E-state index in [1.54, 1.807) is 24.3 Å². The Bertz CT molecular complexity index is 635. The highest BCUT2D eigenvalue weighted by Gasteiger charge is 2.41. The van der Waals surface area contributed by atoms with Crippen molar-refractivity contribution in [2.45, 2.75) is 12.2 Å². The van der Waals surface area contributed by atoms with Crippen molar-refractivity contribution >= 4 is 11.4 Å². The van der Waals surface area contributed by atoms with Crippen molar-refractivity contribution in [3.63, 3.8) is 0 Å². The molecule has 0 aliphatic carbocycles. The summed E-state index contributed by atoms with van der Waals surface area (Å²) in [6.45, 7) is 0. The normalized spacial score (nSPS) is 20.0. The van der Waals surface area contributed by atoms with Gasteiger partial charge in [0.15, 0.2) is 0 Å². The number of ether oxygens (including phenoxy) is 1. The molecule has 0 amide bonds. The number of nitro benzene ring substituents is 2. The number of epoxide rings is 1. The fourth-order valence-corrected chi connectivity index (χ4v) is 2.19. The molecule has 7 heteroatoms. The van der Waals surface area contributed by atoms with Crippen LogP contribution in [0.2, 0.25) is 0 Å². The van der Waals surface area contributed by atoms with Crippen LogP contribution >= 0.6 is 0 Å². The number of nitro groups is 2. The maximum atomic E-state index is 10.6. The number of nitrogens with zero attached hydrogens (tertiary/aromatic N) is 2. The SMILES string of the molecule is O=[N+]([O-])c1ccc([C@H]2O[C@@H]2c2ccc([N+](=O)[O-])cc2)cc1. The molecule has 1 aliphatic heterocycles. The van der Waals surface area contributed by atoms with Crippen molar-refractivity contribution < 1.29 is 14.6 Å². The molecule has 7 nitrogen and oxygen atoms in total. The van der Waals surface area contributed by atoms with E-state index in [0.29, 0.717) is 0 Å². The Morgan fingerprint density at radius 1 is 0.714 bits per heavy atom. The molecular weight excluding hydrogens is 276 g/mol. The molecule has 3 rings (SSSR count). The molecule has 0 aromatic heterocycles. The first kappa shape index (κ1) is 13.2. The van der Waals surface area contributed by atoms with E-state index in [0.717, 1.165) is 11.1 Å². The van der Waals surface area contributed by atoms with Gasteiger partial charge in [-0.2, -0.15) is 0 Å². The highest BCUT2D eigenvalue weighted by molar-refractivity contribution is 5.39. The summed E-state index contributed by atoms with van der Waals surface area (Å²) in [4.78, 5) is 20.3. The molecule has 2 atom stereocenters. The zero-order valence-electron chi connectivity index (χ0n) is 10.7. The van der Waals surface area contributed by atoms with Crippen LogP contribution in [0.25, 0.3) is 0 Å². The Balaban J connectivity index is 1.73. The van der Waals surface area contributed by atoms with Gasteiger partial charge in [-0.05, 0) is 35.4 Å². The average Bonchev–Trinajstić information content (AvgIpc) is 3.28. The maximum Gasteiger partial charge on any atom is 0.269 e. The second kappa shape index (κ2) is 4.95. The lowest BCUT2D eigenvalue weighted by molar-refractivity contribution is -0.385. The molecule has 0 N–H and O–H groups in total. The van der Waals surface area contributed by atoms with Crippen LogP contribution in [0.3, 0.4) is 0 Å². The van der Waals surface area contributed by atoms with Crippen LogP contribution in [0.4, 0.5) is 11.4 Å². The lowest BCUT2D eigenvalue weighted by atomic mass is 10.0.